The van der Waals surface area contributed by atoms with Gasteiger partial charge in [0.2, 0.25) is 0 Å². The SMILES string of the molecule is COc1ccccc1NCC(Cl)=CCl. The lowest BCUT2D eigenvalue weighted by atomic mass is 10.3. The van der Waals surface area contributed by atoms with E-state index in [-0.39, 0.29) is 0 Å². The maximum atomic E-state index is 5.74. The summed E-state index contributed by atoms with van der Waals surface area (Å²) in [6, 6.07) is 7.62. The Morgan fingerprint density at radius 2 is 2.21 bits per heavy atom. The summed E-state index contributed by atoms with van der Waals surface area (Å²) in [4.78, 5) is 0. The molecule has 0 aliphatic carbocycles. The van der Waals surface area contributed by atoms with Gasteiger partial charge in [-0.3, -0.25) is 0 Å². The molecule has 0 unspecified atom stereocenters. The highest BCUT2D eigenvalue weighted by Crippen LogP contribution is 2.23. The number of benzene rings is 1. The summed E-state index contributed by atoms with van der Waals surface area (Å²) in [5, 5.41) is 3.66. The molecule has 0 heterocycles. The lowest BCUT2D eigenvalue weighted by Gasteiger charge is -2.09. The van der Waals surface area contributed by atoms with Crippen molar-refractivity contribution < 1.29 is 4.74 Å². The fourth-order valence-corrected chi connectivity index (χ4v) is 1.15. The Hall–Kier alpha value is -0.860. The Kier molecular flexibility index (Phi) is 4.63. The molecule has 0 spiro atoms. The lowest BCUT2D eigenvalue weighted by molar-refractivity contribution is 0.416. The summed E-state index contributed by atoms with van der Waals surface area (Å²) < 4.78 is 5.15. The molecule has 2 nitrogen and oxygen atoms in total. The fraction of sp³-hybridized carbons (Fsp3) is 0.200. The standard InChI is InChI=1S/C10H11Cl2NO/c1-14-10-5-3-2-4-9(10)13-7-8(12)6-11/h2-6,13H,7H2,1H3. The quantitative estimate of drug-likeness (QED) is 0.858. The number of hydrogen-bond donors (Lipinski definition) is 1. The van der Waals surface area contributed by atoms with E-state index >= 15 is 0 Å². The third-order valence-corrected chi connectivity index (χ3v) is 2.29. The van der Waals surface area contributed by atoms with E-state index < -0.39 is 0 Å². The zero-order valence-corrected chi connectivity index (χ0v) is 9.27. The summed E-state index contributed by atoms with van der Waals surface area (Å²) in [6.07, 6.45) is 0. The minimum Gasteiger partial charge on any atom is -0.495 e. The molecule has 0 aliphatic rings. The van der Waals surface area contributed by atoms with Crippen molar-refractivity contribution in [3.63, 3.8) is 0 Å². The van der Waals surface area contributed by atoms with Crippen molar-refractivity contribution in [1.82, 2.24) is 0 Å². The van der Waals surface area contributed by atoms with Gasteiger partial charge in [-0.15, -0.1) is 0 Å². The highest BCUT2D eigenvalue weighted by Gasteiger charge is 2.00. The normalized spacial score (nSPS) is 11.2. The van der Waals surface area contributed by atoms with Crippen molar-refractivity contribution in [1.29, 1.82) is 0 Å². The number of anilines is 1. The topological polar surface area (TPSA) is 21.3 Å². The van der Waals surface area contributed by atoms with E-state index in [4.69, 9.17) is 27.9 Å². The number of hydrogen-bond acceptors (Lipinski definition) is 2. The molecule has 0 saturated carbocycles. The number of methoxy groups -OCH3 is 1. The molecule has 0 bridgehead atoms. The van der Waals surface area contributed by atoms with E-state index in [0.717, 1.165) is 11.4 Å². The molecule has 1 aromatic rings. The Labute approximate surface area is 93.5 Å². The number of nitrogens with one attached hydrogen (secondary N) is 1. The van der Waals surface area contributed by atoms with Gasteiger partial charge in [0.15, 0.2) is 0 Å². The first-order valence-corrected chi connectivity index (χ1v) is 4.91. The third kappa shape index (κ3) is 3.13. The van der Waals surface area contributed by atoms with Crippen molar-refractivity contribution in [3.8, 4) is 5.75 Å². The molecule has 0 fully saturated rings. The van der Waals surface area contributed by atoms with Gasteiger partial charge in [-0.1, -0.05) is 35.3 Å². The Bertz CT molecular complexity index is 326. The minimum atomic E-state index is 0.491. The predicted octanol–water partition coefficient (Wildman–Crippen LogP) is 3.43. The summed E-state index contributed by atoms with van der Waals surface area (Å²) in [5.41, 5.74) is 2.23. The van der Waals surface area contributed by atoms with Crippen LogP contribution >= 0.6 is 23.2 Å². The second-order valence-electron chi connectivity index (χ2n) is 2.61. The first kappa shape index (κ1) is 11.2. The van der Waals surface area contributed by atoms with Crippen LogP contribution in [0.1, 0.15) is 0 Å². The van der Waals surface area contributed by atoms with Gasteiger partial charge in [-0.2, -0.15) is 0 Å². The largest absolute Gasteiger partial charge is 0.495 e. The minimum absolute atomic E-state index is 0.491. The average molecular weight is 232 g/mol. The molecule has 1 rings (SSSR count). The van der Waals surface area contributed by atoms with Crippen LogP contribution < -0.4 is 10.1 Å². The molecule has 0 aliphatic heterocycles. The van der Waals surface area contributed by atoms with Crippen molar-refractivity contribution in [2.45, 2.75) is 0 Å². The van der Waals surface area contributed by atoms with Gasteiger partial charge >= 0.3 is 0 Å². The van der Waals surface area contributed by atoms with Gasteiger partial charge < -0.3 is 10.1 Å². The Morgan fingerprint density at radius 1 is 1.50 bits per heavy atom. The van der Waals surface area contributed by atoms with Crippen molar-refractivity contribution in [3.05, 3.63) is 34.8 Å². The second-order valence-corrected chi connectivity index (χ2v) is 3.31. The molecule has 76 valence electrons. The third-order valence-electron chi connectivity index (χ3n) is 1.67. The van der Waals surface area contributed by atoms with Crippen LogP contribution in [0.4, 0.5) is 5.69 Å². The molecule has 0 atom stereocenters. The molecule has 0 saturated heterocycles. The lowest BCUT2D eigenvalue weighted by Crippen LogP contribution is -2.02. The van der Waals surface area contributed by atoms with Crippen molar-refractivity contribution in [2.75, 3.05) is 19.0 Å². The predicted molar refractivity (Wildman–Crippen MR) is 61.3 cm³/mol. The van der Waals surface area contributed by atoms with E-state index in [0.29, 0.717) is 11.6 Å². The van der Waals surface area contributed by atoms with Crippen molar-refractivity contribution >= 4 is 28.9 Å². The number of halogens is 2. The number of rotatable bonds is 4. The monoisotopic (exact) mass is 231 g/mol. The summed E-state index contributed by atoms with van der Waals surface area (Å²) in [7, 11) is 1.62. The van der Waals surface area contributed by atoms with Crippen LogP contribution in [0.3, 0.4) is 0 Å². The summed E-state index contributed by atoms with van der Waals surface area (Å²) in [6.45, 7) is 0.491. The van der Waals surface area contributed by atoms with E-state index in [1.54, 1.807) is 7.11 Å². The second kappa shape index (κ2) is 5.78. The van der Waals surface area contributed by atoms with E-state index in [1.807, 2.05) is 24.3 Å². The Morgan fingerprint density at radius 3 is 2.86 bits per heavy atom. The highest BCUT2D eigenvalue weighted by molar-refractivity contribution is 6.36. The van der Waals surface area contributed by atoms with Crippen LogP contribution in [0.15, 0.2) is 34.8 Å². The summed E-state index contributed by atoms with van der Waals surface area (Å²) >= 11 is 11.2. The maximum absolute atomic E-state index is 5.74. The fourth-order valence-electron chi connectivity index (χ4n) is 1.01. The van der Waals surface area contributed by atoms with Crippen LogP contribution in [-0.4, -0.2) is 13.7 Å². The molecule has 0 amide bonds. The Balaban J connectivity index is 2.66. The highest BCUT2D eigenvalue weighted by atomic mass is 35.5. The molecule has 1 N–H and O–H groups in total. The van der Waals surface area contributed by atoms with Crippen LogP contribution in [0.2, 0.25) is 0 Å². The van der Waals surface area contributed by atoms with Gasteiger partial charge in [-0.25, -0.2) is 0 Å². The van der Waals surface area contributed by atoms with Gasteiger partial charge in [-0.05, 0) is 12.1 Å². The van der Waals surface area contributed by atoms with E-state index in [1.165, 1.54) is 5.54 Å². The van der Waals surface area contributed by atoms with Crippen LogP contribution in [0, 0.1) is 0 Å². The molecule has 0 radical (unpaired) electrons. The summed E-state index contributed by atoms with van der Waals surface area (Å²) in [5.74, 6) is 0.784. The van der Waals surface area contributed by atoms with Gasteiger partial charge in [0.1, 0.15) is 5.75 Å². The number of ether oxygens (including phenoxy) is 1. The van der Waals surface area contributed by atoms with E-state index in [9.17, 15) is 0 Å². The maximum Gasteiger partial charge on any atom is 0.141 e. The average Bonchev–Trinajstić information content (AvgIpc) is 2.26. The molecular weight excluding hydrogens is 221 g/mol. The zero-order chi connectivity index (χ0) is 10.4. The van der Waals surface area contributed by atoms with Crippen LogP contribution in [0.5, 0.6) is 5.75 Å². The first-order valence-electron chi connectivity index (χ1n) is 4.09. The van der Waals surface area contributed by atoms with Gasteiger partial charge in [0.05, 0.1) is 19.3 Å². The smallest absolute Gasteiger partial charge is 0.141 e. The van der Waals surface area contributed by atoms with Crippen LogP contribution in [0.25, 0.3) is 0 Å². The van der Waals surface area contributed by atoms with Crippen molar-refractivity contribution in [2.24, 2.45) is 0 Å². The molecular formula is C10H11Cl2NO. The molecule has 0 aromatic heterocycles. The molecule has 1 aromatic carbocycles. The number of para-hydroxylation sites is 2. The zero-order valence-electron chi connectivity index (χ0n) is 7.76. The molecule has 4 heteroatoms. The molecule has 14 heavy (non-hydrogen) atoms. The van der Waals surface area contributed by atoms with Gasteiger partial charge in [0.25, 0.3) is 0 Å². The van der Waals surface area contributed by atoms with E-state index in [2.05, 4.69) is 5.32 Å². The van der Waals surface area contributed by atoms with Crippen LogP contribution in [-0.2, 0) is 0 Å². The first-order chi connectivity index (χ1) is 6.77. The van der Waals surface area contributed by atoms with Gasteiger partial charge in [0, 0.05) is 10.6 Å².